The number of rotatable bonds is 3. The predicted molar refractivity (Wildman–Crippen MR) is 82.3 cm³/mol. The van der Waals surface area contributed by atoms with E-state index >= 15 is 0 Å². The molecule has 3 rings (SSSR count). The van der Waals surface area contributed by atoms with Crippen molar-refractivity contribution in [1.82, 2.24) is 10.3 Å². The first-order chi connectivity index (χ1) is 9.61. The smallest absolute Gasteiger partial charge is 0.304 e. The topological polar surface area (TPSA) is 88.0 Å². The molecule has 0 atom stereocenters. The predicted octanol–water partition coefficient (Wildman–Crippen LogP) is 2.16. The Labute approximate surface area is 122 Å². The lowest BCUT2D eigenvalue weighted by molar-refractivity contribution is 0.0954. The number of hydrogen-bond donors (Lipinski definition) is 3. The summed E-state index contributed by atoms with van der Waals surface area (Å²) in [4.78, 5) is 26.2. The standard InChI is InChI=1S/C13H11N3O2S2/c14-8-1-2-10-7(3-8)4-11(20-10)12(17)15-5-9-6-19-13(18)16-9/h1-4,6H,5,14H2,(H,15,17)(H,16,18). The van der Waals surface area contributed by atoms with Gasteiger partial charge in [-0.05, 0) is 29.7 Å². The highest BCUT2D eigenvalue weighted by atomic mass is 32.1. The lowest BCUT2D eigenvalue weighted by atomic mass is 10.2. The summed E-state index contributed by atoms with van der Waals surface area (Å²) < 4.78 is 1.02. The second-order valence-corrected chi connectivity index (χ2v) is 6.19. The number of hydrogen-bond acceptors (Lipinski definition) is 5. The van der Waals surface area contributed by atoms with Crippen LogP contribution >= 0.6 is 22.7 Å². The van der Waals surface area contributed by atoms with E-state index in [4.69, 9.17) is 5.73 Å². The van der Waals surface area contributed by atoms with Crippen LogP contribution in [0.25, 0.3) is 10.1 Å². The van der Waals surface area contributed by atoms with E-state index in [2.05, 4.69) is 10.3 Å². The van der Waals surface area contributed by atoms with Crippen LogP contribution in [0.2, 0.25) is 0 Å². The molecule has 0 unspecified atom stereocenters. The minimum Gasteiger partial charge on any atom is -0.399 e. The Balaban J connectivity index is 1.76. The Hall–Kier alpha value is -2.12. The highest BCUT2D eigenvalue weighted by Crippen LogP contribution is 2.27. The first kappa shape index (κ1) is 12.9. The number of nitrogens with two attached hydrogens (primary N) is 1. The average molecular weight is 305 g/mol. The molecular weight excluding hydrogens is 294 g/mol. The Morgan fingerprint density at radius 1 is 1.35 bits per heavy atom. The lowest BCUT2D eigenvalue weighted by Crippen LogP contribution is -2.22. The van der Waals surface area contributed by atoms with E-state index in [0.717, 1.165) is 21.4 Å². The molecule has 5 nitrogen and oxygen atoms in total. The molecule has 7 heteroatoms. The minimum atomic E-state index is -0.156. The molecule has 0 saturated heterocycles. The molecule has 0 aliphatic rings. The maximum absolute atomic E-state index is 12.1. The Bertz CT molecular complexity index is 831. The van der Waals surface area contributed by atoms with Crippen LogP contribution in [0.15, 0.2) is 34.4 Å². The van der Waals surface area contributed by atoms with Gasteiger partial charge in [-0.3, -0.25) is 9.59 Å². The monoisotopic (exact) mass is 305 g/mol. The van der Waals surface area contributed by atoms with Crippen LogP contribution in [0.1, 0.15) is 15.4 Å². The molecule has 0 radical (unpaired) electrons. The first-order valence-corrected chi connectivity index (χ1v) is 7.55. The number of H-pyrrole nitrogens is 1. The molecule has 3 aromatic rings. The summed E-state index contributed by atoms with van der Waals surface area (Å²) >= 11 is 2.50. The molecule has 102 valence electrons. The van der Waals surface area contributed by atoms with Crippen molar-refractivity contribution in [2.75, 3.05) is 5.73 Å². The lowest BCUT2D eigenvalue weighted by Gasteiger charge is -2.00. The zero-order chi connectivity index (χ0) is 14.1. The summed E-state index contributed by atoms with van der Waals surface area (Å²) in [6, 6.07) is 7.39. The van der Waals surface area contributed by atoms with Gasteiger partial charge in [0.25, 0.3) is 5.91 Å². The van der Waals surface area contributed by atoms with E-state index in [0.29, 0.717) is 22.8 Å². The van der Waals surface area contributed by atoms with Gasteiger partial charge < -0.3 is 16.0 Å². The van der Waals surface area contributed by atoms with Crippen molar-refractivity contribution in [2.45, 2.75) is 6.54 Å². The summed E-state index contributed by atoms with van der Waals surface area (Å²) in [5, 5.41) is 5.45. The number of nitrogen functional groups attached to an aromatic ring is 1. The van der Waals surface area contributed by atoms with Crippen molar-refractivity contribution in [1.29, 1.82) is 0 Å². The van der Waals surface area contributed by atoms with Gasteiger partial charge in [-0.1, -0.05) is 11.3 Å². The molecule has 1 aromatic carbocycles. The Kier molecular flexibility index (Phi) is 3.29. The molecule has 2 heterocycles. The fourth-order valence-electron chi connectivity index (χ4n) is 1.84. The van der Waals surface area contributed by atoms with E-state index in [9.17, 15) is 9.59 Å². The van der Waals surface area contributed by atoms with Gasteiger partial charge in [0.05, 0.1) is 11.4 Å². The first-order valence-electron chi connectivity index (χ1n) is 5.86. The van der Waals surface area contributed by atoms with E-state index in [1.54, 1.807) is 5.38 Å². The number of thiazole rings is 1. The molecule has 0 saturated carbocycles. The van der Waals surface area contributed by atoms with E-state index in [-0.39, 0.29) is 10.8 Å². The average Bonchev–Trinajstić information content (AvgIpc) is 3.01. The number of amides is 1. The Morgan fingerprint density at radius 2 is 2.20 bits per heavy atom. The number of carbonyl (C=O) groups excluding carboxylic acids is 1. The summed E-state index contributed by atoms with van der Waals surface area (Å²) in [6.07, 6.45) is 0. The molecular formula is C13H11N3O2S2. The van der Waals surface area contributed by atoms with Crippen LogP contribution in [-0.4, -0.2) is 10.9 Å². The molecule has 2 aromatic heterocycles. The van der Waals surface area contributed by atoms with Gasteiger partial charge in [0.1, 0.15) is 0 Å². The Morgan fingerprint density at radius 3 is 2.95 bits per heavy atom. The summed E-state index contributed by atoms with van der Waals surface area (Å²) in [6.45, 7) is 0.313. The van der Waals surface area contributed by atoms with Crippen LogP contribution < -0.4 is 15.9 Å². The highest BCUT2D eigenvalue weighted by molar-refractivity contribution is 7.20. The van der Waals surface area contributed by atoms with Gasteiger partial charge in [0, 0.05) is 21.5 Å². The molecule has 1 amide bonds. The van der Waals surface area contributed by atoms with Crippen molar-refractivity contribution >= 4 is 44.4 Å². The van der Waals surface area contributed by atoms with Gasteiger partial charge >= 0.3 is 4.87 Å². The minimum absolute atomic E-state index is 0.119. The molecule has 4 N–H and O–H groups in total. The van der Waals surface area contributed by atoms with Crippen molar-refractivity contribution in [3.05, 3.63) is 49.9 Å². The molecule has 20 heavy (non-hydrogen) atoms. The van der Waals surface area contributed by atoms with Gasteiger partial charge in [-0.25, -0.2) is 0 Å². The van der Waals surface area contributed by atoms with Crippen LogP contribution in [0, 0.1) is 0 Å². The SMILES string of the molecule is Nc1ccc2sc(C(=O)NCc3csc(=O)[nH]3)cc2c1. The molecule has 0 bridgehead atoms. The van der Waals surface area contributed by atoms with Gasteiger partial charge in [-0.15, -0.1) is 11.3 Å². The zero-order valence-electron chi connectivity index (χ0n) is 10.3. The van der Waals surface area contributed by atoms with Crippen molar-refractivity contribution in [3.8, 4) is 0 Å². The van der Waals surface area contributed by atoms with Crippen LogP contribution in [0.4, 0.5) is 5.69 Å². The maximum Gasteiger partial charge on any atom is 0.304 e. The largest absolute Gasteiger partial charge is 0.399 e. The van der Waals surface area contributed by atoms with Crippen LogP contribution in [0.3, 0.4) is 0 Å². The van der Waals surface area contributed by atoms with E-state index < -0.39 is 0 Å². The number of benzene rings is 1. The van der Waals surface area contributed by atoms with Gasteiger partial charge in [0.2, 0.25) is 0 Å². The van der Waals surface area contributed by atoms with Crippen molar-refractivity contribution < 1.29 is 4.79 Å². The number of anilines is 1. The highest BCUT2D eigenvalue weighted by Gasteiger charge is 2.10. The van der Waals surface area contributed by atoms with Crippen LogP contribution in [-0.2, 0) is 6.54 Å². The zero-order valence-corrected chi connectivity index (χ0v) is 11.9. The third-order valence-electron chi connectivity index (χ3n) is 2.77. The second-order valence-electron chi connectivity index (χ2n) is 4.26. The van der Waals surface area contributed by atoms with Crippen molar-refractivity contribution in [2.24, 2.45) is 0 Å². The maximum atomic E-state index is 12.1. The fourth-order valence-corrected chi connectivity index (χ4v) is 3.38. The summed E-state index contributed by atoms with van der Waals surface area (Å²) in [5.41, 5.74) is 7.10. The van der Waals surface area contributed by atoms with E-state index in [1.165, 1.54) is 11.3 Å². The second kappa shape index (κ2) is 5.10. The van der Waals surface area contributed by atoms with E-state index in [1.807, 2.05) is 24.3 Å². The summed E-state index contributed by atoms with van der Waals surface area (Å²) in [5.74, 6) is -0.156. The van der Waals surface area contributed by atoms with Gasteiger partial charge in [-0.2, -0.15) is 0 Å². The summed E-state index contributed by atoms with van der Waals surface area (Å²) in [7, 11) is 0. The fraction of sp³-hybridized carbons (Fsp3) is 0.0769. The molecule has 0 aliphatic heterocycles. The van der Waals surface area contributed by atoms with Gasteiger partial charge in [0.15, 0.2) is 0 Å². The number of aromatic amines is 1. The molecule has 0 fully saturated rings. The quantitative estimate of drug-likeness (QED) is 0.648. The number of aromatic nitrogens is 1. The number of carbonyl (C=O) groups is 1. The molecule has 0 aliphatic carbocycles. The number of nitrogens with one attached hydrogen (secondary N) is 2. The normalized spacial score (nSPS) is 10.8. The number of fused-ring (bicyclic) bond motifs is 1. The van der Waals surface area contributed by atoms with Crippen LogP contribution in [0.5, 0.6) is 0 Å². The number of thiophene rings is 1. The third kappa shape index (κ3) is 2.59. The molecule has 0 spiro atoms. The van der Waals surface area contributed by atoms with Crippen molar-refractivity contribution in [3.63, 3.8) is 0 Å². The third-order valence-corrected chi connectivity index (χ3v) is 4.61.